The molecule has 0 aromatic heterocycles. The fourth-order valence-corrected chi connectivity index (χ4v) is 3.89. The normalized spacial score (nSPS) is 19.5. The van der Waals surface area contributed by atoms with Gasteiger partial charge in [0.1, 0.15) is 6.04 Å². The topological polar surface area (TPSA) is 92.8 Å². The number of carbonyl (C=O) groups excluding carboxylic acids is 2. The van der Waals surface area contributed by atoms with Gasteiger partial charge in [0.2, 0.25) is 15.9 Å². The molecule has 7 nitrogen and oxygen atoms in total. The van der Waals surface area contributed by atoms with Gasteiger partial charge in [-0.05, 0) is 19.1 Å². The molecule has 0 radical (unpaired) electrons. The Hall–Kier alpha value is -1.93. The lowest BCUT2D eigenvalue weighted by atomic mass is 10.1. The number of hydrogen-bond acceptors (Lipinski definition) is 5. The van der Waals surface area contributed by atoms with E-state index >= 15 is 0 Å². The number of nitrogens with one attached hydrogen (secondary N) is 1. The molecule has 0 bridgehead atoms. The van der Waals surface area contributed by atoms with Crippen molar-refractivity contribution in [3.8, 4) is 0 Å². The van der Waals surface area contributed by atoms with Gasteiger partial charge in [-0.3, -0.25) is 9.59 Å². The molecular formula is C14H18N2O5S. The molecule has 1 aliphatic rings. The molecule has 1 fully saturated rings. The van der Waals surface area contributed by atoms with Gasteiger partial charge < -0.3 is 10.1 Å². The highest BCUT2D eigenvalue weighted by atomic mass is 32.2. The highest BCUT2D eigenvalue weighted by Crippen LogP contribution is 2.21. The van der Waals surface area contributed by atoms with Gasteiger partial charge in [0.05, 0.1) is 17.9 Å². The summed E-state index contributed by atoms with van der Waals surface area (Å²) in [4.78, 5) is 23.7. The second-order valence-electron chi connectivity index (χ2n) is 4.74. The molecule has 1 aromatic carbocycles. The van der Waals surface area contributed by atoms with E-state index in [1.807, 2.05) is 0 Å². The van der Waals surface area contributed by atoms with Crippen LogP contribution in [0, 0.1) is 0 Å². The number of hydrogen-bond donors (Lipinski definition) is 1. The van der Waals surface area contributed by atoms with E-state index in [1.165, 1.54) is 12.1 Å². The van der Waals surface area contributed by atoms with E-state index in [4.69, 9.17) is 4.74 Å². The zero-order chi connectivity index (χ0) is 16.2. The molecule has 0 aliphatic carbocycles. The van der Waals surface area contributed by atoms with Crippen LogP contribution in [-0.4, -0.2) is 50.3 Å². The maximum absolute atomic E-state index is 12.7. The van der Waals surface area contributed by atoms with Crippen molar-refractivity contribution in [3.05, 3.63) is 30.3 Å². The smallest absolute Gasteiger partial charge is 0.307 e. The summed E-state index contributed by atoms with van der Waals surface area (Å²) in [6.07, 6.45) is -0.300. The molecule has 1 aromatic rings. The number of amides is 1. The zero-order valence-electron chi connectivity index (χ0n) is 12.2. The Morgan fingerprint density at radius 1 is 1.36 bits per heavy atom. The molecule has 0 unspecified atom stereocenters. The van der Waals surface area contributed by atoms with Crippen LogP contribution in [0.5, 0.6) is 0 Å². The van der Waals surface area contributed by atoms with Crippen molar-refractivity contribution in [2.24, 2.45) is 0 Å². The maximum atomic E-state index is 12.7. The van der Waals surface area contributed by atoms with E-state index in [2.05, 4.69) is 5.32 Å². The van der Waals surface area contributed by atoms with Gasteiger partial charge in [0.15, 0.2) is 0 Å². The van der Waals surface area contributed by atoms with Crippen LogP contribution < -0.4 is 5.32 Å². The minimum atomic E-state index is -3.84. The van der Waals surface area contributed by atoms with Crippen molar-refractivity contribution in [1.29, 1.82) is 0 Å². The lowest BCUT2D eigenvalue weighted by Crippen LogP contribution is -2.57. The summed E-state index contributed by atoms with van der Waals surface area (Å²) in [5.74, 6) is -1.09. The summed E-state index contributed by atoms with van der Waals surface area (Å²) in [6, 6.07) is 6.76. The molecule has 0 spiro atoms. The number of piperazine rings is 1. The summed E-state index contributed by atoms with van der Waals surface area (Å²) in [5, 5.41) is 2.58. The van der Waals surface area contributed by atoms with Gasteiger partial charge >= 0.3 is 5.97 Å². The van der Waals surface area contributed by atoms with Crippen molar-refractivity contribution in [2.75, 3.05) is 19.7 Å². The van der Waals surface area contributed by atoms with E-state index in [0.29, 0.717) is 0 Å². The number of ether oxygens (including phenoxy) is 1. The summed E-state index contributed by atoms with van der Waals surface area (Å²) in [7, 11) is -3.84. The van der Waals surface area contributed by atoms with E-state index < -0.39 is 27.9 Å². The quantitative estimate of drug-likeness (QED) is 0.776. The van der Waals surface area contributed by atoms with Gasteiger partial charge in [-0.1, -0.05) is 18.2 Å². The standard InChI is InChI=1S/C14H18N2O5S/c1-2-21-13(17)10-12-14(18)15-8-9-16(12)22(19,20)11-6-4-3-5-7-11/h3-7,12H,2,8-10H2,1H3,(H,15,18)/t12-/m0/s1. The van der Waals surface area contributed by atoms with Crippen LogP contribution in [0.1, 0.15) is 13.3 Å². The third-order valence-electron chi connectivity index (χ3n) is 3.30. The Bertz CT molecular complexity index is 644. The SMILES string of the molecule is CCOC(=O)C[C@H]1C(=O)NCCN1S(=O)(=O)c1ccccc1. The maximum Gasteiger partial charge on any atom is 0.307 e. The van der Waals surface area contributed by atoms with Crippen molar-refractivity contribution >= 4 is 21.9 Å². The molecule has 1 amide bonds. The Morgan fingerprint density at radius 3 is 2.68 bits per heavy atom. The molecule has 2 rings (SSSR count). The highest BCUT2D eigenvalue weighted by Gasteiger charge is 2.39. The monoisotopic (exact) mass is 326 g/mol. The average Bonchev–Trinajstić information content (AvgIpc) is 2.50. The molecule has 1 saturated heterocycles. The Morgan fingerprint density at radius 2 is 2.05 bits per heavy atom. The predicted octanol–water partition coefficient (Wildman–Crippen LogP) is 0.129. The number of benzene rings is 1. The largest absolute Gasteiger partial charge is 0.466 e. The highest BCUT2D eigenvalue weighted by molar-refractivity contribution is 7.89. The van der Waals surface area contributed by atoms with Gasteiger partial charge in [0.25, 0.3) is 0 Å². The number of nitrogens with zero attached hydrogens (tertiary/aromatic N) is 1. The van der Waals surface area contributed by atoms with Crippen LogP contribution in [0.3, 0.4) is 0 Å². The lowest BCUT2D eigenvalue weighted by Gasteiger charge is -2.33. The summed E-state index contributed by atoms with van der Waals surface area (Å²) >= 11 is 0. The Labute approximate surface area is 129 Å². The first-order valence-electron chi connectivity index (χ1n) is 6.97. The average molecular weight is 326 g/mol. The first kappa shape index (κ1) is 16.4. The first-order valence-corrected chi connectivity index (χ1v) is 8.41. The van der Waals surface area contributed by atoms with Crippen molar-refractivity contribution in [2.45, 2.75) is 24.3 Å². The molecule has 1 heterocycles. The Balaban J connectivity index is 2.29. The van der Waals surface area contributed by atoms with Crippen LogP contribution in [0.25, 0.3) is 0 Å². The van der Waals surface area contributed by atoms with Crippen LogP contribution in [0.2, 0.25) is 0 Å². The number of esters is 1. The zero-order valence-corrected chi connectivity index (χ0v) is 13.0. The van der Waals surface area contributed by atoms with Gasteiger partial charge in [-0.15, -0.1) is 0 Å². The first-order chi connectivity index (χ1) is 10.5. The van der Waals surface area contributed by atoms with E-state index in [0.717, 1.165) is 4.31 Å². The van der Waals surface area contributed by atoms with Crippen molar-refractivity contribution in [3.63, 3.8) is 0 Å². The molecule has 0 saturated carbocycles. The van der Waals surface area contributed by atoms with Crippen molar-refractivity contribution < 1.29 is 22.7 Å². The van der Waals surface area contributed by atoms with Crippen LogP contribution in [-0.2, 0) is 24.3 Å². The summed E-state index contributed by atoms with van der Waals surface area (Å²) < 4.78 is 31.2. The summed E-state index contributed by atoms with van der Waals surface area (Å²) in [6.45, 7) is 2.16. The second kappa shape index (κ2) is 6.89. The van der Waals surface area contributed by atoms with E-state index in [9.17, 15) is 18.0 Å². The van der Waals surface area contributed by atoms with E-state index in [-0.39, 0.29) is 31.0 Å². The molecule has 1 N–H and O–H groups in total. The lowest BCUT2D eigenvalue weighted by molar-refractivity contribution is -0.146. The number of sulfonamides is 1. The second-order valence-corrected chi connectivity index (χ2v) is 6.64. The molecule has 1 atom stereocenters. The van der Waals surface area contributed by atoms with Crippen LogP contribution in [0.4, 0.5) is 0 Å². The predicted molar refractivity (Wildman–Crippen MR) is 78.4 cm³/mol. The molecular weight excluding hydrogens is 308 g/mol. The van der Waals surface area contributed by atoms with E-state index in [1.54, 1.807) is 25.1 Å². The molecule has 120 valence electrons. The minimum Gasteiger partial charge on any atom is -0.466 e. The molecule has 1 aliphatic heterocycles. The summed E-state index contributed by atoms with van der Waals surface area (Å²) in [5.41, 5.74) is 0. The number of carbonyl (C=O) groups is 2. The number of rotatable bonds is 5. The van der Waals surface area contributed by atoms with Crippen LogP contribution in [0.15, 0.2) is 35.2 Å². The molecule has 22 heavy (non-hydrogen) atoms. The van der Waals surface area contributed by atoms with Gasteiger partial charge in [0, 0.05) is 13.1 Å². The fourth-order valence-electron chi connectivity index (χ4n) is 2.28. The van der Waals surface area contributed by atoms with Gasteiger partial charge in [-0.25, -0.2) is 8.42 Å². The van der Waals surface area contributed by atoms with Crippen molar-refractivity contribution in [1.82, 2.24) is 9.62 Å². The molecule has 8 heteroatoms. The Kier molecular flexibility index (Phi) is 5.15. The van der Waals surface area contributed by atoms with Gasteiger partial charge in [-0.2, -0.15) is 4.31 Å². The third kappa shape index (κ3) is 3.45. The van der Waals surface area contributed by atoms with Crippen LogP contribution >= 0.6 is 0 Å². The third-order valence-corrected chi connectivity index (χ3v) is 5.22. The fraction of sp³-hybridized carbons (Fsp3) is 0.429. The minimum absolute atomic E-state index is 0.0959.